The third-order valence-electron chi connectivity index (χ3n) is 6.50. The van der Waals surface area contributed by atoms with Crippen LogP contribution in [0.25, 0.3) is 0 Å². The minimum Gasteiger partial charge on any atom is -0.344 e. The summed E-state index contributed by atoms with van der Waals surface area (Å²) < 4.78 is 3.91. The van der Waals surface area contributed by atoms with E-state index in [1.807, 2.05) is 76.5 Å². The number of rotatable bonds is 3. The van der Waals surface area contributed by atoms with Crippen molar-refractivity contribution in [2.24, 2.45) is 12.5 Å². The summed E-state index contributed by atoms with van der Waals surface area (Å²) in [5, 5.41) is 0. The molecule has 0 saturated carbocycles. The van der Waals surface area contributed by atoms with Crippen molar-refractivity contribution in [1.29, 1.82) is 0 Å². The first-order valence-electron chi connectivity index (χ1n) is 9.73. The van der Waals surface area contributed by atoms with Gasteiger partial charge in [0.1, 0.15) is 11.7 Å². The highest BCUT2D eigenvalue weighted by Crippen LogP contribution is 2.41. The average molecular weight is 368 g/mol. The van der Waals surface area contributed by atoms with Gasteiger partial charge in [-0.25, -0.2) is 0 Å². The molecule has 27 heavy (non-hydrogen) atoms. The molecule has 2 aromatic rings. The van der Waals surface area contributed by atoms with E-state index in [2.05, 4.69) is 0 Å². The third-order valence-corrected chi connectivity index (χ3v) is 6.50. The van der Waals surface area contributed by atoms with Crippen molar-refractivity contribution in [3.63, 3.8) is 0 Å². The first-order valence-corrected chi connectivity index (χ1v) is 9.73. The Morgan fingerprint density at radius 1 is 1.04 bits per heavy atom. The lowest BCUT2D eigenvalue weighted by atomic mass is 9.71. The Hall–Kier alpha value is -2.50. The Morgan fingerprint density at radius 3 is 2.22 bits per heavy atom. The summed E-state index contributed by atoms with van der Waals surface area (Å²) in [6.45, 7) is 7.16. The molecule has 2 amide bonds. The maximum absolute atomic E-state index is 12.8. The van der Waals surface area contributed by atoms with Crippen LogP contribution < -0.4 is 0 Å². The van der Waals surface area contributed by atoms with Crippen LogP contribution in [0.1, 0.15) is 42.0 Å². The zero-order chi connectivity index (χ0) is 19.2. The number of carbonyl (C=O) groups is 2. The molecule has 4 rings (SSSR count). The topological polar surface area (TPSA) is 50.5 Å². The molecule has 6 nitrogen and oxygen atoms in total. The highest BCUT2D eigenvalue weighted by atomic mass is 16.2. The van der Waals surface area contributed by atoms with Crippen molar-refractivity contribution in [3.05, 3.63) is 48.0 Å². The van der Waals surface area contributed by atoms with E-state index in [4.69, 9.17) is 0 Å². The minimum absolute atomic E-state index is 0.119. The number of hydrogen-bond donors (Lipinski definition) is 0. The monoisotopic (exact) mass is 368 g/mol. The van der Waals surface area contributed by atoms with Gasteiger partial charge in [0.15, 0.2) is 0 Å². The van der Waals surface area contributed by atoms with Crippen molar-refractivity contribution in [2.75, 3.05) is 26.2 Å². The smallest absolute Gasteiger partial charge is 0.270 e. The summed E-state index contributed by atoms with van der Waals surface area (Å²) in [6.07, 6.45) is 5.83. The lowest BCUT2D eigenvalue weighted by molar-refractivity contribution is -0.149. The summed E-state index contributed by atoms with van der Waals surface area (Å²) in [5.74, 6) is 0.309. The predicted molar refractivity (Wildman–Crippen MR) is 103 cm³/mol. The molecule has 1 spiro atoms. The van der Waals surface area contributed by atoms with Crippen LogP contribution in [-0.2, 0) is 11.8 Å². The van der Waals surface area contributed by atoms with Crippen LogP contribution >= 0.6 is 0 Å². The van der Waals surface area contributed by atoms with Gasteiger partial charge < -0.3 is 18.9 Å². The molecule has 0 N–H and O–H groups in total. The van der Waals surface area contributed by atoms with Crippen LogP contribution in [0.3, 0.4) is 0 Å². The Bertz CT molecular complexity index is 836. The largest absolute Gasteiger partial charge is 0.344 e. The summed E-state index contributed by atoms with van der Waals surface area (Å²) >= 11 is 0. The van der Waals surface area contributed by atoms with Crippen LogP contribution in [0.5, 0.6) is 0 Å². The Morgan fingerprint density at radius 2 is 1.67 bits per heavy atom. The van der Waals surface area contributed by atoms with E-state index >= 15 is 0 Å². The maximum Gasteiger partial charge on any atom is 0.270 e. The molecule has 2 aliphatic rings. The number of carbonyl (C=O) groups excluding carboxylic acids is 2. The van der Waals surface area contributed by atoms with Gasteiger partial charge in [-0.15, -0.1) is 0 Å². The van der Waals surface area contributed by atoms with E-state index in [-0.39, 0.29) is 23.3 Å². The summed E-state index contributed by atoms with van der Waals surface area (Å²) in [4.78, 5) is 29.4. The Balaban J connectivity index is 1.32. The molecule has 6 heteroatoms. The summed E-state index contributed by atoms with van der Waals surface area (Å²) in [7, 11) is 1.94. The zero-order valence-corrected chi connectivity index (χ0v) is 16.4. The molecule has 0 bridgehead atoms. The first kappa shape index (κ1) is 17.9. The fourth-order valence-electron chi connectivity index (χ4n) is 4.41. The molecule has 1 unspecified atom stereocenters. The predicted octanol–water partition coefficient (Wildman–Crippen LogP) is 2.46. The van der Waals surface area contributed by atoms with Gasteiger partial charge >= 0.3 is 0 Å². The van der Waals surface area contributed by atoms with E-state index in [0.29, 0.717) is 0 Å². The summed E-state index contributed by atoms with van der Waals surface area (Å²) in [6, 6.07) is 7.64. The molecule has 2 fully saturated rings. The second-order valence-electron chi connectivity index (χ2n) is 8.21. The number of hydrogen-bond acceptors (Lipinski definition) is 2. The zero-order valence-electron chi connectivity index (χ0n) is 16.4. The number of piperidine rings is 1. The van der Waals surface area contributed by atoms with Crippen LogP contribution in [0, 0.1) is 12.3 Å². The van der Waals surface area contributed by atoms with E-state index in [1.165, 1.54) is 0 Å². The second kappa shape index (κ2) is 6.59. The van der Waals surface area contributed by atoms with Gasteiger partial charge in [0.25, 0.3) is 5.91 Å². The van der Waals surface area contributed by atoms with E-state index in [9.17, 15) is 9.59 Å². The fraction of sp³-hybridized carbons (Fsp3) is 0.524. The molecule has 144 valence electrons. The van der Waals surface area contributed by atoms with Gasteiger partial charge in [-0.2, -0.15) is 0 Å². The van der Waals surface area contributed by atoms with Crippen molar-refractivity contribution in [1.82, 2.24) is 18.9 Å². The SMILES string of the molecule is Cc1ccc(C(=O)N2CCC3(CC2)CN(C(=O)C(C)n2cccc2)C3)n1C. The molecular weight excluding hydrogens is 340 g/mol. The van der Waals surface area contributed by atoms with Gasteiger partial charge in [-0.05, 0) is 51.0 Å². The quantitative estimate of drug-likeness (QED) is 0.836. The summed E-state index contributed by atoms with van der Waals surface area (Å²) in [5.41, 5.74) is 2.05. The second-order valence-corrected chi connectivity index (χ2v) is 8.21. The van der Waals surface area contributed by atoms with Gasteiger partial charge in [0.2, 0.25) is 5.91 Å². The van der Waals surface area contributed by atoms with Gasteiger partial charge in [-0.3, -0.25) is 9.59 Å². The van der Waals surface area contributed by atoms with Crippen molar-refractivity contribution in [2.45, 2.75) is 32.7 Å². The van der Waals surface area contributed by atoms with E-state index in [1.54, 1.807) is 0 Å². The number of aromatic nitrogens is 2. The number of aryl methyl sites for hydroxylation is 1. The minimum atomic E-state index is -0.153. The van der Waals surface area contributed by atoms with E-state index in [0.717, 1.165) is 50.4 Å². The molecule has 4 heterocycles. The maximum atomic E-state index is 12.8. The molecule has 2 aliphatic heterocycles. The van der Waals surface area contributed by atoms with Gasteiger partial charge in [0, 0.05) is 56.7 Å². The normalized spacial score (nSPS) is 19.8. The van der Waals surface area contributed by atoms with Gasteiger partial charge in [-0.1, -0.05) is 0 Å². The average Bonchev–Trinajstić information content (AvgIpc) is 3.29. The van der Waals surface area contributed by atoms with Crippen molar-refractivity contribution < 1.29 is 9.59 Å². The standard InChI is InChI=1S/C21H28N4O2/c1-16-6-7-18(22(16)3)20(27)24-12-8-21(9-13-24)14-25(15-21)19(26)17(2)23-10-4-5-11-23/h4-7,10-11,17H,8-9,12-15H2,1-3H3. The van der Waals surface area contributed by atoms with Gasteiger partial charge in [0.05, 0.1) is 0 Å². The molecule has 1 atom stereocenters. The first-order chi connectivity index (χ1) is 12.9. The lowest BCUT2D eigenvalue weighted by Crippen LogP contribution is -2.63. The molecule has 0 aliphatic carbocycles. The van der Waals surface area contributed by atoms with E-state index < -0.39 is 0 Å². The van der Waals surface area contributed by atoms with Crippen LogP contribution in [0.4, 0.5) is 0 Å². The van der Waals surface area contributed by atoms with Crippen molar-refractivity contribution in [3.8, 4) is 0 Å². The number of nitrogens with zero attached hydrogens (tertiary/aromatic N) is 4. The molecule has 2 aromatic heterocycles. The highest BCUT2D eigenvalue weighted by molar-refractivity contribution is 5.93. The molecule has 0 aromatic carbocycles. The Kier molecular flexibility index (Phi) is 4.36. The molecule has 2 saturated heterocycles. The molecule has 0 radical (unpaired) electrons. The number of likely N-dealkylation sites (tertiary alicyclic amines) is 2. The van der Waals surface area contributed by atoms with Crippen LogP contribution in [0.15, 0.2) is 36.7 Å². The van der Waals surface area contributed by atoms with Crippen molar-refractivity contribution >= 4 is 11.8 Å². The lowest BCUT2D eigenvalue weighted by Gasteiger charge is -2.54. The third kappa shape index (κ3) is 3.07. The van der Waals surface area contributed by atoms with Crippen LogP contribution in [0.2, 0.25) is 0 Å². The fourth-order valence-corrected chi connectivity index (χ4v) is 4.41. The highest BCUT2D eigenvalue weighted by Gasteiger charge is 2.48. The Labute approximate surface area is 160 Å². The number of amides is 2. The molecular formula is C21H28N4O2. The van der Waals surface area contributed by atoms with Crippen LogP contribution in [-0.4, -0.2) is 56.9 Å².